The van der Waals surface area contributed by atoms with E-state index in [-0.39, 0.29) is 11.5 Å². The zero-order valence-corrected chi connectivity index (χ0v) is 12.6. The molecule has 3 aromatic rings. The summed E-state index contributed by atoms with van der Waals surface area (Å²) in [6, 6.07) is 5.13. The normalized spacial score (nSPS) is 10.7. The van der Waals surface area contributed by atoms with Gasteiger partial charge in [-0.15, -0.1) is 0 Å². The maximum Gasteiger partial charge on any atom is 0.277 e. The van der Waals surface area contributed by atoms with Crippen LogP contribution in [0, 0.1) is 0 Å². The highest BCUT2D eigenvalue weighted by atomic mass is 16.5. The summed E-state index contributed by atoms with van der Waals surface area (Å²) in [4.78, 5) is 37.0. The molecule has 118 valence electrons. The SMILES string of the molecule is CCOc1cc(NC(C)=O)ccc1-c1nc2nc[nH]c2c(=O)[nH]1. The van der Waals surface area contributed by atoms with E-state index >= 15 is 0 Å². The molecule has 8 heteroatoms. The van der Waals surface area contributed by atoms with Crippen LogP contribution in [0.1, 0.15) is 13.8 Å². The first-order valence-corrected chi connectivity index (χ1v) is 7.06. The summed E-state index contributed by atoms with van der Waals surface area (Å²) in [5.41, 5.74) is 1.56. The van der Waals surface area contributed by atoms with Crippen LogP contribution in [0.15, 0.2) is 29.3 Å². The van der Waals surface area contributed by atoms with Crippen molar-refractivity contribution in [2.24, 2.45) is 0 Å². The Morgan fingerprint density at radius 1 is 1.39 bits per heavy atom. The number of hydrogen-bond donors (Lipinski definition) is 3. The lowest BCUT2D eigenvalue weighted by Gasteiger charge is -2.12. The number of fused-ring (bicyclic) bond motifs is 1. The predicted molar refractivity (Wildman–Crippen MR) is 85.4 cm³/mol. The summed E-state index contributed by atoms with van der Waals surface area (Å²) in [7, 11) is 0. The van der Waals surface area contributed by atoms with Crippen molar-refractivity contribution in [2.75, 3.05) is 11.9 Å². The van der Waals surface area contributed by atoms with Crippen LogP contribution in [0.25, 0.3) is 22.6 Å². The van der Waals surface area contributed by atoms with E-state index < -0.39 is 0 Å². The summed E-state index contributed by atoms with van der Waals surface area (Å²) < 4.78 is 5.61. The number of ether oxygens (including phenoxy) is 1. The average molecular weight is 313 g/mol. The van der Waals surface area contributed by atoms with Crippen LogP contribution in [0.2, 0.25) is 0 Å². The first kappa shape index (κ1) is 14.8. The fraction of sp³-hybridized carbons (Fsp3) is 0.200. The number of benzene rings is 1. The molecule has 1 aromatic carbocycles. The van der Waals surface area contributed by atoms with Gasteiger partial charge >= 0.3 is 0 Å². The van der Waals surface area contributed by atoms with Crippen molar-refractivity contribution in [3.63, 3.8) is 0 Å². The average Bonchev–Trinajstić information content (AvgIpc) is 2.96. The van der Waals surface area contributed by atoms with E-state index in [1.165, 1.54) is 13.3 Å². The van der Waals surface area contributed by atoms with Crippen molar-refractivity contribution < 1.29 is 9.53 Å². The molecule has 3 N–H and O–H groups in total. The van der Waals surface area contributed by atoms with Crippen LogP contribution in [0.3, 0.4) is 0 Å². The molecule has 0 radical (unpaired) electrons. The Balaban J connectivity index is 2.12. The molecule has 0 unspecified atom stereocenters. The maximum atomic E-state index is 12.1. The summed E-state index contributed by atoms with van der Waals surface area (Å²) in [6.07, 6.45) is 1.42. The van der Waals surface area contributed by atoms with E-state index in [1.807, 2.05) is 6.92 Å². The Hall–Kier alpha value is -3.16. The zero-order valence-electron chi connectivity index (χ0n) is 12.6. The number of aromatic amines is 2. The van der Waals surface area contributed by atoms with Gasteiger partial charge in [0.25, 0.3) is 5.56 Å². The van der Waals surface area contributed by atoms with Crippen LogP contribution in [-0.4, -0.2) is 32.4 Å². The molecular weight excluding hydrogens is 298 g/mol. The summed E-state index contributed by atoms with van der Waals surface area (Å²) in [6.45, 7) is 3.71. The summed E-state index contributed by atoms with van der Waals surface area (Å²) >= 11 is 0. The number of carbonyl (C=O) groups is 1. The number of H-pyrrole nitrogens is 2. The van der Waals surface area contributed by atoms with Gasteiger partial charge in [0.2, 0.25) is 5.91 Å². The molecule has 0 aliphatic heterocycles. The number of nitrogens with one attached hydrogen (secondary N) is 3. The van der Waals surface area contributed by atoms with Crippen LogP contribution in [-0.2, 0) is 4.79 Å². The standard InChI is InChI=1S/C15H15N5O3/c1-3-23-11-6-9(18-8(2)21)4-5-10(11)13-19-14-12(15(22)20-13)16-7-17-14/h4-7H,3H2,1-2H3,(H,18,21)(H2,16,17,19,20,22). The van der Waals surface area contributed by atoms with Gasteiger partial charge in [-0.25, -0.2) is 9.97 Å². The highest BCUT2D eigenvalue weighted by Gasteiger charge is 2.13. The van der Waals surface area contributed by atoms with Gasteiger partial charge < -0.3 is 20.0 Å². The minimum atomic E-state index is -0.309. The third kappa shape index (κ3) is 2.91. The van der Waals surface area contributed by atoms with Gasteiger partial charge in [0, 0.05) is 18.7 Å². The Kier molecular flexibility index (Phi) is 3.80. The third-order valence-corrected chi connectivity index (χ3v) is 3.15. The number of hydrogen-bond acceptors (Lipinski definition) is 5. The number of carbonyl (C=O) groups excluding carboxylic acids is 1. The van der Waals surface area contributed by atoms with Crippen molar-refractivity contribution in [1.29, 1.82) is 0 Å². The molecule has 0 aliphatic carbocycles. The van der Waals surface area contributed by atoms with Gasteiger partial charge in [-0.05, 0) is 19.1 Å². The van der Waals surface area contributed by atoms with Gasteiger partial charge in [-0.1, -0.05) is 0 Å². The second-order valence-electron chi connectivity index (χ2n) is 4.84. The Bertz CT molecular complexity index is 928. The maximum absolute atomic E-state index is 12.1. The molecule has 3 rings (SSSR count). The van der Waals surface area contributed by atoms with Crippen molar-refractivity contribution >= 4 is 22.8 Å². The minimum Gasteiger partial charge on any atom is -0.493 e. The Labute approximate surface area is 130 Å². The minimum absolute atomic E-state index is 0.176. The second kappa shape index (κ2) is 5.91. The lowest BCUT2D eigenvalue weighted by molar-refractivity contribution is -0.114. The Morgan fingerprint density at radius 3 is 2.96 bits per heavy atom. The van der Waals surface area contributed by atoms with E-state index in [4.69, 9.17) is 4.74 Å². The largest absolute Gasteiger partial charge is 0.493 e. The summed E-state index contributed by atoms with van der Waals surface area (Å²) in [5.74, 6) is 0.689. The predicted octanol–water partition coefficient (Wildman–Crippen LogP) is 1.67. The molecule has 23 heavy (non-hydrogen) atoms. The number of amides is 1. The van der Waals surface area contributed by atoms with E-state index in [0.29, 0.717) is 40.6 Å². The van der Waals surface area contributed by atoms with Crippen molar-refractivity contribution in [3.8, 4) is 17.1 Å². The van der Waals surface area contributed by atoms with E-state index in [9.17, 15) is 9.59 Å². The molecule has 0 fully saturated rings. The van der Waals surface area contributed by atoms with Crippen molar-refractivity contribution in [3.05, 3.63) is 34.9 Å². The third-order valence-electron chi connectivity index (χ3n) is 3.15. The van der Waals surface area contributed by atoms with Crippen molar-refractivity contribution in [2.45, 2.75) is 13.8 Å². The molecule has 0 saturated heterocycles. The number of aromatic nitrogens is 4. The summed E-state index contributed by atoms with van der Waals surface area (Å²) in [5, 5.41) is 2.69. The number of nitrogens with zero attached hydrogens (tertiary/aromatic N) is 2. The smallest absolute Gasteiger partial charge is 0.277 e. The second-order valence-corrected chi connectivity index (χ2v) is 4.84. The van der Waals surface area contributed by atoms with E-state index in [2.05, 4.69) is 25.3 Å². The molecule has 8 nitrogen and oxygen atoms in total. The number of rotatable bonds is 4. The lowest BCUT2D eigenvalue weighted by Crippen LogP contribution is -2.10. The zero-order chi connectivity index (χ0) is 16.4. The molecule has 0 aliphatic rings. The first-order chi connectivity index (χ1) is 11.1. The highest BCUT2D eigenvalue weighted by Crippen LogP contribution is 2.30. The fourth-order valence-electron chi connectivity index (χ4n) is 2.24. The fourth-order valence-corrected chi connectivity index (χ4v) is 2.24. The van der Waals surface area contributed by atoms with Crippen LogP contribution in [0.4, 0.5) is 5.69 Å². The molecule has 0 spiro atoms. The van der Waals surface area contributed by atoms with Gasteiger partial charge in [0.05, 0.1) is 18.5 Å². The number of imidazole rings is 1. The van der Waals surface area contributed by atoms with Crippen LogP contribution in [0.5, 0.6) is 5.75 Å². The monoisotopic (exact) mass is 313 g/mol. The molecule has 2 aromatic heterocycles. The molecule has 0 saturated carbocycles. The van der Waals surface area contributed by atoms with Gasteiger partial charge in [0.15, 0.2) is 11.2 Å². The lowest BCUT2D eigenvalue weighted by atomic mass is 10.1. The highest BCUT2D eigenvalue weighted by molar-refractivity contribution is 5.89. The van der Waals surface area contributed by atoms with Crippen LogP contribution >= 0.6 is 0 Å². The molecule has 0 atom stereocenters. The molecule has 2 heterocycles. The molecular formula is C15H15N5O3. The Morgan fingerprint density at radius 2 is 2.22 bits per heavy atom. The van der Waals surface area contributed by atoms with Crippen molar-refractivity contribution in [1.82, 2.24) is 19.9 Å². The molecule has 1 amide bonds. The van der Waals surface area contributed by atoms with E-state index in [0.717, 1.165) is 0 Å². The first-order valence-electron chi connectivity index (χ1n) is 7.06. The van der Waals surface area contributed by atoms with E-state index in [1.54, 1.807) is 18.2 Å². The van der Waals surface area contributed by atoms with Gasteiger partial charge in [-0.2, -0.15) is 0 Å². The van der Waals surface area contributed by atoms with Gasteiger partial charge in [0.1, 0.15) is 11.6 Å². The quantitative estimate of drug-likeness (QED) is 0.678. The van der Waals surface area contributed by atoms with Gasteiger partial charge in [-0.3, -0.25) is 9.59 Å². The van der Waals surface area contributed by atoms with Crippen LogP contribution < -0.4 is 15.6 Å². The topological polar surface area (TPSA) is 113 Å². The molecule has 0 bridgehead atoms. The number of anilines is 1.